The van der Waals surface area contributed by atoms with E-state index in [-0.39, 0.29) is 5.91 Å². The van der Waals surface area contributed by atoms with E-state index < -0.39 is 0 Å². The van der Waals surface area contributed by atoms with Crippen molar-refractivity contribution in [2.45, 2.75) is 19.4 Å². The van der Waals surface area contributed by atoms with Gasteiger partial charge in [0.2, 0.25) is 0 Å². The third-order valence-corrected chi connectivity index (χ3v) is 5.09. The second-order valence-corrected chi connectivity index (χ2v) is 6.95. The lowest BCUT2D eigenvalue weighted by Crippen LogP contribution is -2.30. The molecule has 138 valence electrons. The predicted octanol–water partition coefficient (Wildman–Crippen LogP) is 3.52. The minimum atomic E-state index is -0.134. The largest absolute Gasteiger partial charge is 0.347 e. The Kier molecular flexibility index (Phi) is 5.30. The van der Waals surface area contributed by atoms with Crippen LogP contribution in [0.3, 0.4) is 0 Å². The first-order chi connectivity index (χ1) is 13.3. The van der Waals surface area contributed by atoms with E-state index in [1.165, 1.54) is 11.1 Å². The van der Waals surface area contributed by atoms with Crippen LogP contribution in [0.15, 0.2) is 66.2 Å². The molecule has 27 heavy (non-hydrogen) atoms. The van der Waals surface area contributed by atoms with E-state index in [0.29, 0.717) is 12.2 Å². The third kappa shape index (κ3) is 4.26. The number of aromatic nitrogens is 2. The van der Waals surface area contributed by atoms with Gasteiger partial charge >= 0.3 is 0 Å². The highest BCUT2D eigenvalue weighted by atomic mass is 16.1. The zero-order valence-electron chi connectivity index (χ0n) is 15.3. The van der Waals surface area contributed by atoms with E-state index in [4.69, 9.17) is 0 Å². The molecular weight excluding hydrogens is 336 g/mol. The number of carbonyl (C=O) groups is 1. The molecule has 0 unspecified atom stereocenters. The lowest BCUT2D eigenvalue weighted by Gasteiger charge is -2.28. The normalized spacial score (nSPS) is 15.0. The van der Waals surface area contributed by atoms with Crippen LogP contribution in [-0.4, -0.2) is 40.6 Å². The van der Waals surface area contributed by atoms with Crippen LogP contribution < -0.4 is 5.32 Å². The molecule has 0 atom stereocenters. The average Bonchev–Trinajstić information content (AvgIpc) is 3.14. The summed E-state index contributed by atoms with van der Waals surface area (Å²) in [5, 5.41) is 10.9. The second-order valence-electron chi connectivity index (χ2n) is 6.95. The zero-order chi connectivity index (χ0) is 18.5. The van der Waals surface area contributed by atoms with Crippen LogP contribution >= 0.6 is 0 Å². The number of piperidine rings is 1. The first kappa shape index (κ1) is 17.5. The summed E-state index contributed by atoms with van der Waals surface area (Å²) in [6.45, 7) is 3.70. The van der Waals surface area contributed by atoms with Gasteiger partial charge in [-0.05, 0) is 24.5 Å². The SMILES string of the molecule is O=C(NCC=C1CCN(Cc2ccccc2)CC1)c1n[nH]c2ccccc12. The van der Waals surface area contributed by atoms with Crippen molar-refractivity contribution in [3.8, 4) is 0 Å². The summed E-state index contributed by atoms with van der Waals surface area (Å²) < 4.78 is 0. The van der Waals surface area contributed by atoms with Crippen molar-refractivity contribution < 1.29 is 4.79 Å². The van der Waals surface area contributed by atoms with Gasteiger partial charge in [-0.3, -0.25) is 14.8 Å². The van der Waals surface area contributed by atoms with E-state index in [1.54, 1.807) is 0 Å². The Hall–Kier alpha value is -2.92. The summed E-state index contributed by atoms with van der Waals surface area (Å²) >= 11 is 0. The van der Waals surface area contributed by atoms with Crippen molar-refractivity contribution in [1.82, 2.24) is 20.4 Å². The molecule has 5 heteroatoms. The van der Waals surface area contributed by atoms with Gasteiger partial charge in [-0.1, -0.05) is 60.2 Å². The van der Waals surface area contributed by atoms with Gasteiger partial charge in [-0.15, -0.1) is 0 Å². The molecule has 5 nitrogen and oxygen atoms in total. The summed E-state index contributed by atoms with van der Waals surface area (Å²) in [6.07, 6.45) is 4.29. The van der Waals surface area contributed by atoms with Gasteiger partial charge in [0.15, 0.2) is 5.69 Å². The summed E-state index contributed by atoms with van der Waals surface area (Å²) in [4.78, 5) is 14.9. The van der Waals surface area contributed by atoms with E-state index in [0.717, 1.165) is 43.4 Å². The van der Waals surface area contributed by atoms with Crippen molar-refractivity contribution in [2.75, 3.05) is 19.6 Å². The standard InChI is InChI=1S/C22H24N4O/c27-22(21-19-8-4-5-9-20(19)24-25-21)23-13-10-17-11-14-26(15-12-17)16-18-6-2-1-3-7-18/h1-10H,11-16H2,(H,23,27)(H,24,25). The van der Waals surface area contributed by atoms with Gasteiger partial charge in [0.25, 0.3) is 5.91 Å². The van der Waals surface area contributed by atoms with E-state index >= 15 is 0 Å². The number of hydrogen-bond acceptors (Lipinski definition) is 3. The Morgan fingerprint density at radius 3 is 2.63 bits per heavy atom. The van der Waals surface area contributed by atoms with Gasteiger partial charge < -0.3 is 5.32 Å². The fraction of sp³-hybridized carbons (Fsp3) is 0.273. The first-order valence-corrected chi connectivity index (χ1v) is 9.45. The Balaban J connectivity index is 1.26. The maximum atomic E-state index is 12.4. The topological polar surface area (TPSA) is 61.0 Å². The maximum Gasteiger partial charge on any atom is 0.272 e. The van der Waals surface area contributed by atoms with Crippen LogP contribution in [0.4, 0.5) is 0 Å². The summed E-state index contributed by atoms with van der Waals surface area (Å²) in [5.41, 5.74) is 4.13. The number of para-hydroxylation sites is 1. The fourth-order valence-corrected chi connectivity index (χ4v) is 3.55. The molecule has 2 heterocycles. The van der Waals surface area contributed by atoms with E-state index in [9.17, 15) is 4.79 Å². The minimum Gasteiger partial charge on any atom is -0.347 e. The Bertz CT molecular complexity index is 935. The monoisotopic (exact) mass is 360 g/mol. The number of carbonyl (C=O) groups excluding carboxylic acids is 1. The number of nitrogens with zero attached hydrogens (tertiary/aromatic N) is 2. The molecule has 1 aliphatic heterocycles. The lowest BCUT2D eigenvalue weighted by atomic mass is 10.0. The average molecular weight is 360 g/mol. The number of benzene rings is 2. The molecule has 1 amide bonds. The molecule has 1 aromatic heterocycles. The number of nitrogens with one attached hydrogen (secondary N) is 2. The van der Waals surface area contributed by atoms with Crippen molar-refractivity contribution in [1.29, 1.82) is 0 Å². The molecule has 0 saturated carbocycles. The molecule has 0 aliphatic carbocycles. The third-order valence-electron chi connectivity index (χ3n) is 5.09. The van der Waals surface area contributed by atoms with Crippen molar-refractivity contribution in [2.24, 2.45) is 0 Å². The smallest absolute Gasteiger partial charge is 0.272 e. The Labute approximate surface area is 159 Å². The summed E-state index contributed by atoms with van der Waals surface area (Å²) in [6, 6.07) is 18.3. The van der Waals surface area contributed by atoms with E-state index in [1.807, 2.05) is 24.3 Å². The summed E-state index contributed by atoms with van der Waals surface area (Å²) in [5.74, 6) is -0.134. The van der Waals surface area contributed by atoms with Crippen LogP contribution in [0.25, 0.3) is 10.9 Å². The molecule has 2 aromatic carbocycles. The highest BCUT2D eigenvalue weighted by Gasteiger charge is 2.15. The molecule has 0 bridgehead atoms. The number of H-pyrrole nitrogens is 1. The summed E-state index contributed by atoms with van der Waals surface area (Å²) in [7, 11) is 0. The van der Waals surface area contributed by atoms with Crippen LogP contribution in [0.5, 0.6) is 0 Å². The van der Waals surface area contributed by atoms with Crippen LogP contribution in [0.1, 0.15) is 28.9 Å². The van der Waals surface area contributed by atoms with Crippen molar-refractivity contribution in [3.63, 3.8) is 0 Å². The highest BCUT2D eigenvalue weighted by molar-refractivity contribution is 6.04. The quantitative estimate of drug-likeness (QED) is 0.685. The number of likely N-dealkylation sites (tertiary alicyclic amines) is 1. The second kappa shape index (κ2) is 8.18. The molecule has 0 radical (unpaired) electrons. The highest BCUT2D eigenvalue weighted by Crippen LogP contribution is 2.18. The number of hydrogen-bond donors (Lipinski definition) is 2. The van der Waals surface area contributed by atoms with Gasteiger partial charge in [0.05, 0.1) is 5.52 Å². The lowest BCUT2D eigenvalue weighted by molar-refractivity contribution is 0.0954. The van der Waals surface area contributed by atoms with Crippen LogP contribution in [0, 0.1) is 0 Å². The molecule has 0 spiro atoms. The first-order valence-electron chi connectivity index (χ1n) is 9.45. The molecule has 1 fully saturated rings. The molecule has 1 saturated heterocycles. The molecule has 1 aliphatic rings. The Morgan fingerprint density at radius 1 is 1.07 bits per heavy atom. The van der Waals surface area contributed by atoms with Gasteiger partial charge in [-0.25, -0.2) is 0 Å². The minimum absolute atomic E-state index is 0.134. The Morgan fingerprint density at radius 2 is 1.81 bits per heavy atom. The molecule has 4 rings (SSSR count). The fourth-order valence-electron chi connectivity index (χ4n) is 3.55. The predicted molar refractivity (Wildman–Crippen MR) is 107 cm³/mol. The molecule has 3 aromatic rings. The van der Waals surface area contributed by atoms with Gasteiger partial charge in [-0.2, -0.15) is 5.10 Å². The van der Waals surface area contributed by atoms with Gasteiger partial charge in [0, 0.05) is 31.6 Å². The zero-order valence-corrected chi connectivity index (χ0v) is 15.3. The molecular formula is C22H24N4O. The van der Waals surface area contributed by atoms with Crippen LogP contribution in [-0.2, 0) is 6.54 Å². The molecule has 2 N–H and O–H groups in total. The number of amides is 1. The van der Waals surface area contributed by atoms with Crippen molar-refractivity contribution >= 4 is 16.8 Å². The van der Waals surface area contributed by atoms with E-state index in [2.05, 4.69) is 56.8 Å². The number of rotatable bonds is 5. The number of aromatic amines is 1. The number of fused-ring (bicyclic) bond motifs is 1. The van der Waals surface area contributed by atoms with Crippen molar-refractivity contribution in [3.05, 3.63) is 77.5 Å². The van der Waals surface area contributed by atoms with Gasteiger partial charge in [0.1, 0.15) is 0 Å². The van der Waals surface area contributed by atoms with Crippen LogP contribution in [0.2, 0.25) is 0 Å². The maximum absolute atomic E-state index is 12.4.